The summed E-state index contributed by atoms with van der Waals surface area (Å²) in [7, 11) is 0. The summed E-state index contributed by atoms with van der Waals surface area (Å²) >= 11 is 11.9. The number of nitrogens with zero attached hydrogens (tertiary/aromatic N) is 2. The van der Waals surface area contributed by atoms with Crippen LogP contribution in [0.15, 0.2) is 34.5 Å². The van der Waals surface area contributed by atoms with Gasteiger partial charge in [-0.1, -0.05) is 29.3 Å². The van der Waals surface area contributed by atoms with Crippen LogP contribution in [0.5, 0.6) is 0 Å². The molecule has 0 aliphatic rings. The van der Waals surface area contributed by atoms with E-state index >= 15 is 0 Å². The van der Waals surface area contributed by atoms with Crippen molar-refractivity contribution in [3.05, 3.63) is 45.1 Å². The van der Waals surface area contributed by atoms with Gasteiger partial charge in [-0.05, 0) is 26.0 Å². The van der Waals surface area contributed by atoms with Crippen molar-refractivity contribution >= 4 is 34.9 Å². The fourth-order valence-corrected chi connectivity index (χ4v) is 2.13. The van der Waals surface area contributed by atoms with Crippen LogP contribution < -0.4 is 0 Å². The number of halogens is 2. The number of hydrogen-bond acceptors (Lipinski definition) is 5. The molecule has 0 atom stereocenters. The number of nitriles is 1. The van der Waals surface area contributed by atoms with E-state index in [1.807, 2.05) is 0 Å². The van der Waals surface area contributed by atoms with Crippen LogP contribution in [0, 0.1) is 11.3 Å². The molecule has 23 heavy (non-hydrogen) atoms. The van der Waals surface area contributed by atoms with Crippen LogP contribution in [0.25, 0.3) is 0 Å². The van der Waals surface area contributed by atoms with Gasteiger partial charge in [0.05, 0.1) is 34.9 Å². The first-order chi connectivity index (χ1) is 11.0. The Morgan fingerprint density at radius 1 is 1.35 bits per heavy atom. The Bertz CT molecular complexity index is 691. The Kier molecular flexibility index (Phi) is 7.60. The molecule has 0 fully saturated rings. The lowest BCUT2D eigenvalue weighted by Gasteiger charge is -2.13. The number of ether oxygens (including phenoxy) is 1. The lowest BCUT2D eigenvalue weighted by atomic mass is 10.00. The quantitative estimate of drug-likeness (QED) is 0.361. The van der Waals surface area contributed by atoms with E-state index in [4.69, 9.17) is 33.2 Å². The number of rotatable bonds is 6. The van der Waals surface area contributed by atoms with Crippen molar-refractivity contribution in [2.45, 2.75) is 20.3 Å². The maximum atomic E-state index is 12.2. The van der Waals surface area contributed by atoms with Crippen LogP contribution in [0.2, 0.25) is 10.0 Å². The maximum absolute atomic E-state index is 12.2. The third kappa shape index (κ3) is 4.98. The van der Waals surface area contributed by atoms with Crippen molar-refractivity contribution in [1.29, 1.82) is 5.26 Å². The number of aliphatic hydroxyl groups is 1. The normalized spacial score (nSPS) is 12.4. The van der Waals surface area contributed by atoms with Crippen molar-refractivity contribution in [3.8, 4) is 6.07 Å². The molecule has 0 saturated heterocycles. The van der Waals surface area contributed by atoms with Gasteiger partial charge in [0.25, 0.3) is 0 Å². The molecule has 0 heterocycles. The minimum atomic E-state index is -0.751. The van der Waals surface area contributed by atoms with Crippen molar-refractivity contribution in [1.82, 2.24) is 0 Å². The van der Waals surface area contributed by atoms with Crippen LogP contribution in [-0.2, 0) is 9.53 Å². The SMILES string of the molecule is CCN=C(C(C(=O)OCC)=C(O)CC#N)c1ccc(Cl)c(Cl)c1. The van der Waals surface area contributed by atoms with Gasteiger partial charge in [0.15, 0.2) is 0 Å². The van der Waals surface area contributed by atoms with Crippen molar-refractivity contribution in [2.24, 2.45) is 4.99 Å². The molecule has 0 radical (unpaired) electrons. The first-order valence-corrected chi connectivity index (χ1v) is 7.68. The number of aliphatic hydroxyl groups excluding tert-OH is 1. The summed E-state index contributed by atoms with van der Waals surface area (Å²) in [4.78, 5) is 16.5. The second-order valence-electron chi connectivity index (χ2n) is 4.33. The van der Waals surface area contributed by atoms with Crippen LogP contribution in [0.1, 0.15) is 25.8 Å². The van der Waals surface area contributed by atoms with Crippen molar-refractivity contribution < 1.29 is 14.6 Å². The summed E-state index contributed by atoms with van der Waals surface area (Å²) in [6.45, 7) is 3.91. The molecule has 0 bridgehead atoms. The predicted octanol–water partition coefficient (Wildman–Crippen LogP) is 4.09. The molecule has 1 N–H and O–H groups in total. The third-order valence-electron chi connectivity index (χ3n) is 2.76. The largest absolute Gasteiger partial charge is 0.510 e. The zero-order chi connectivity index (χ0) is 17.4. The molecule has 5 nitrogen and oxygen atoms in total. The molecule has 0 aromatic heterocycles. The monoisotopic (exact) mass is 354 g/mol. The van der Waals surface area contributed by atoms with Gasteiger partial charge in [-0.3, -0.25) is 4.99 Å². The van der Waals surface area contributed by atoms with Crippen LogP contribution in [-0.4, -0.2) is 29.9 Å². The highest BCUT2D eigenvalue weighted by atomic mass is 35.5. The van der Waals surface area contributed by atoms with Gasteiger partial charge < -0.3 is 9.84 Å². The van der Waals surface area contributed by atoms with Crippen molar-refractivity contribution in [2.75, 3.05) is 13.2 Å². The molecule has 0 unspecified atom stereocenters. The zero-order valence-electron chi connectivity index (χ0n) is 12.8. The Morgan fingerprint density at radius 2 is 2.04 bits per heavy atom. The zero-order valence-corrected chi connectivity index (χ0v) is 14.3. The lowest BCUT2D eigenvalue weighted by Crippen LogP contribution is -2.20. The molecule has 122 valence electrons. The molecule has 1 rings (SSSR count). The molecular formula is C16H16Cl2N2O3. The van der Waals surface area contributed by atoms with Gasteiger partial charge in [0.1, 0.15) is 11.3 Å². The summed E-state index contributed by atoms with van der Waals surface area (Å²) in [5.74, 6) is -1.15. The highest BCUT2D eigenvalue weighted by molar-refractivity contribution is 6.42. The first-order valence-electron chi connectivity index (χ1n) is 6.92. The van der Waals surface area contributed by atoms with Gasteiger partial charge in [0.2, 0.25) is 0 Å². The van der Waals surface area contributed by atoms with E-state index in [2.05, 4.69) is 4.99 Å². The number of allylic oxidation sites excluding steroid dienone is 1. The Hall–Kier alpha value is -2.03. The second kappa shape index (κ2) is 9.19. The fourth-order valence-electron chi connectivity index (χ4n) is 1.83. The number of carbonyl (C=O) groups excluding carboxylic acids is 1. The number of carbonyl (C=O) groups is 1. The van der Waals surface area contributed by atoms with Gasteiger partial charge in [0, 0.05) is 12.1 Å². The average Bonchev–Trinajstić information content (AvgIpc) is 2.50. The number of aliphatic imine (C=N–C) groups is 1. The molecule has 7 heteroatoms. The molecule has 0 amide bonds. The predicted molar refractivity (Wildman–Crippen MR) is 90.1 cm³/mol. The smallest absolute Gasteiger partial charge is 0.343 e. The Balaban J connectivity index is 3.51. The fraction of sp³-hybridized carbons (Fsp3) is 0.312. The summed E-state index contributed by atoms with van der Waals surface area (Å²) in [5.41, 5.74) is 0.555. The first kappa shape index (κ1) is 19.0. The average molecular weight is 355 g/mol. The number of hydrogen-bond donors (Lipinski definition) is 1. The molecule has 0 aliphatic carbocycles. The van der Waals surface area contributed by atoms with E-state index in [1.54, 1.807) is 32.0 Å². The minimum absolute atomic E-state index is 0.128. The molecule has 0 spiro atoms. The minimum Gasteiger partial charge on any atom is -0.510 e. The number of benzene rings is 1. The lowest BCUT2D eigenvalue weighted by molar-refractivity contribution is -0.138. The van der Waals surface area contributed by atoms with E-state index in [-0.39, 0.29) is 29.3 Å². The van der Waals surface area contributed by atoms with E-state index < -0.39 is 11.7 Å². The Morgan fingerprint density at radius 3 is 2.57 bits per heavy atom. The summed E-state index contributed by atoms with van der Waals surface area (Å²) in [6, 6.07) is 6.53. The van der Waals surface area contributed by atoms with Gasteiger partial charge >= 0.3 is 5.97 Å². The van der Waals surface area contributed by atoms with E-state index in [9.17, 15) is 9.90 Å². The topological polar surface area (TPSA) is 82.7 Å². The van der Waals surface area contributed by atoms with Gasteiger partial charge in [-0.2, -0.15) is 5.26 Å². The highest BCUT2D eigenvalue weighted by Crippen LogP contribution is 2.25. The summed E-state index contributed by atoms with van der Waals surface area (Å²) in [6.07, 6.45) is -0.335. The third-order valence-corrected chi connectivity index (χ3v) is 3.50. The van der Waals surface area contributed by atoms with Crippen molar-refractivity contribution in [3.63, 3.8) is 0 Å². The van der Waals surface area contributed by atoms with Gasteiger partial charge in [-0.15, -0.1) is 0 Å². The summed E-state index contributed by atoms with van der Waals surface area (Å²) < 4.78 is 4.97. The highest BCUT2D eigenvalue weighted by Gasteiger charge is 2.24. The molecule has 1 aromatic rings. The van der Waals surface area contributed by atoms with Gasteiger partial charge in [-0.25, -0.2) is 4.79 Å². The molecular weight excluding hydrogens is 339 g/mol. The summed E-state index contributed by atoms with van der Waals surface area (Å²) in [5, 5.41) is 19.5. The Labute approximate surface area is 144 Å². The molecule has 0 saturated carbocycles. The standard InChI is InChI=1S/C16H16Cl2N2O3/c1-3-20-15(10-5-6-11(17)12(18)9-10)14(13(21)7-8-19)16(22)23-4-2/h5-6,9,21H,3-4,7H2,1-2H3. The molecule has 0 aliphatic heterocycles. The maximum Gasteiger partial charge on any atom is 0.343 e. The van der Waals surface area contributed by atoms with Crippen LogP contribution in [0.4, 0.5) is 0 Å². The van der Waals surface area contributed by atoms with E-state index in [1.165, 1.54) is 6.07 Å². The van der Waals surface area contributed by atoms with E-state index in [0.29, 0.717) is 17.1 Å². The van der Waals surface area contributed by atoms with E-state index in [0.717, 1.165) is 0 Å². The van der Waals surface area contributed by atoms with Crippen LogP contribution >= 0.6 is 23.2 Å². The number of esters is 1. The van der Waals surface area contributed by atoms with Crippen LogP contribution in [0.3, 0.4) is 0 Å². The molecule has 1 aromatic carbocycles. The second-order valence-corrected chi connectivity index (χ2v) is 5.14.